The minimum atomic E-state index is -0.640. The molecule has 1 aromatic carbocycles. The third kappa shape index (κ3) is 2.31. The van der Waals surface area contributed by atoms with Crippen molar-refractivity contribution >= 4 is 5.91 Å². The normalized spacial score (nSPS) is 32.5. The number of benzene rings is 1. The van der Waals surface area contributed by atoms with Gasteiger partial charge in [0.1, 0.15) is 11.9 Å². The van der Waals surface area contributed by atoms with E-state index in [0.717, 1.165) is 12.8 Å². The van der Waals surface area contributed by atoms with Crippen LogP contribution in [0.4, 0.5) is 4.39 Å². The molecular formula is C15H18FNO2. The van der Waals surface area contributed by atoms with E-state index in [1.807, 2.05) is 6.07 Å². The maximum absolute atomic E-state index is 13.3. The summed E-state index contributed by atoms with van der Waals surface area (Å²) in [5, 5.41) is 0. The van der Waals surface area contributed by atoms with Gasteiger partial charge in [0.05, 0.1) is 12.2 Å². The topological polar surface area (TPSA) is 52.3 Å². The molecule has 1 amide bonds. The fraction of sp³-hybridized carbons (Fsp3) is 0.533. The number of carbonyl (C=O) groups excluding carboxylic acids is 1. The maximum Gasteiger partial charge on any atom is 0.252 e. The van der Waals surface area contributed by atoms with Gasteiger partial charge in [0.2, 0.25) is 0 Å². The van der Waals surface area contributed by atoms with Gasteiger partial charge in [-0.2, -0.15) is 0 Å². The number of hydrogen-bond acceptors (Lipinski definition) is 2. The van der Waals surface area contributed by atoms with Crippen LogP contribution in [0.25, 0.3) is 0 Å². The summed E-state index contributed by atoms with van der Waals surface area (Å²) < 4.78 is 19.1. The molecule has 2 saturated carbocycles. The van der Waals surface area contributed by atoms with Crippen molar-refractivity contribution in [2.45, 2.75) is 31.9 Å². The highest BCUT2D eigenvalue weighted by Gasteiger charge is 2.57. The van der Waals surface area contributed by atoms with Crippen molar-refractivity contribution in [1.82, 2.24) is 0 Å². The van der Waals surface area contributed by atoms with Crippen LogP contribution >= 0.6 is 0 Å². The number of ether oxygens (including phenoxy) is 1. The Morgan fingerprint density at radius 3 is 3.00 bits per heavy atom. The largest absolute Gasteiger partial charge is 0.492 e. The van der Waals surface area contributed by atoms with E-state index in [1.54, 1.807) is 18.2 Å². The van der Waals surface area contributed by atoms with Gasteiger partial charge in [-0.25, -0.2) is 4.39 Å². The Hall–Kier alpha value is -1.58. The number of hydrogen-bond donors (Lipinski definition) is 1. The van der Waals surface area contributed by atoms with Gasteiger partial charge in [-0.1, -0.05) is 12.1 Å². The van der Waals surface area contributed by atoms with Crippen LogP contribution in [0.15, 0.2) is 24.3 Å². The van der Waals surface area contributed by atoms with E-state index in [9.17, 15) is 9.18 Å². The van der Waals surface area contributed by atoms with E-state index in [-0.39, 0.29) is 5.41 Å². The number of primary amides is 1. The summed E-state index contributed by atoms with van der Waals surface area (Å²) >= 11 is 0. The first-order valence-corrected chi connectivity index (χ1v) is 6.76. The monoisotopic (exact) mass is 263 g/mol. The SMILES string of the molecule is NC(=O)c1ccccc1OCC12CCC(F)CC1C2. The van der Waals surface area contributed by atoms with Gasteiger partial charge < -0.3 is 10.5 Å². The van der Waals surface area contributed by atoms with Gasteiger partial charge in [0.25, 0.3) is 5.91 Å². The van der Waals surface area contributed by atoms with E-state index in [4.69, 9.17) is 10.5 Å². The highest BCUT2D eigenvalue weighted by molar-refractivity contribution is 5.95. The molecule has 2 N–H and O–H groups in total. The van der Waals surface area contributed by atoms with E-state index in [2.05, 4.69) is 0 Å². The number of fused-ring (bicyclic) bond motifs is 1. The molecule has 102 valence electrons. The maximum atomic E-state index is 13.3. The molecule has 0 spiro atoms. The van der Waals surface area contributed by atoms with Gasteiger partial charge in [0, 0.05) is 5.41 Å². The number of carbonyl (C=O) groups is 1. The van der Waals surface area contributed by atoms with Gasteiger partial charge >= 0.3 is 0 Å². The molecule has 0 saturated heterocycles. The standard InChI is InChI=1S/C15H18FNO2/c16-11-5-6-15(8-10(15)7-11)9-19-13-4-2-1-3-12(13)14(17)18/h1-4,10-11H,5-9H2,(H2,17,18). The number of para-hydroxylation sites is 1. The molecule has 0 bridgehead atoms. The molecule has 3 unspecified atom stereocenters. The Morgan fingerprint density at radius 2 is 2.26 bits per heavy atom. The second-order valence-electron chi connectivity index (χ2n) is 5.78. The van der Waals surface area contributed by atoms with Gasteiger partial charge in [-0.15, -0.1) is 0 Å². The van der Waals surface area contributed by atoms with Crippen LogP contribution in [0.2, 0.25) is 0 Å². The Balaban J connectivity index is 1.66. The van der Waals surface area contributed by atoms with Crippen molar-refractivity contribution in [3.05, 3.63) is 29.8 Å². The molecule has 19 heavy (non-hydrogen) atoms. The number of rotatable bonds is 4. The Labute approximate surface area is 111 Å². The van der Waals surface area contributed by atoms with Gasteiger partial charge in [-0.3, -0.25) is 4.79 Å². The van der Waals surface area contributed by atoms with Crippen molar-refractivity contribution in [2.75, 3.05) is 6.61 Å². The van der Waals surface area contributed by atoms with Crippen LogP contribution in [0.1, 0.15) is 36.0 Å². The molecule has 0 radical (unpaired) electrons. The average Bonchev–Trinajstić information content (AvgIpc) is 3.10. The van der Waals surface area contributed by atoms with E-state index in [1.165, 1.54) is 0 Å². The molecule has 4 heteroatoms. The van der Waals surface area contributed by atoms with Gasteiger partial charge in [-0.05, 0) is 43.7 Å². The molecule has 3 nitrogen and oxygen atoms in total. The lowest BCUT2D eigenvalue weighted by atomic mass is 9.88. The van der Waals surface area contributed by atoms with Crippen molar-refractivity contribution < 1.29 is 13.9 Å². The first-order valence-electron chi connectivity index (χ1n) is 6.76. The second kappa shape index (κ2) is 4.51. The van der Waals surface area contributed by atoms with Crippen molar-refractivity contribution in [1.29, 1.82) is 0 Å². The molecule has 3 atom stereocenters. The Bertz CT molecular complexity index is 505. The van der Waals surface area contributed by atoms with Crippen LogP contribution < -0.4 is 10.5 Å². The molecule has 0 aromatic heterocycles. The molecule has 2 aliphatic carbocycles. The van der Waals surface area contributed by atoms with E-state index in [0.29, 0.717) is 36.7 Å². The van der Waals surface area contributed by atoms with Crippen LogP contribution in [0.5, 0.6) is 5.75 Å². The summed E-state index contributed by atoms with van der Waals surface area (Å²) in [6.07, 6.45) is 2.60. The van der Waals surface area contributed by atoms with Crippen molar-refractivity contribution in [3.8, 4) is 5.75 Å². The zero-order chi connectivity index (χ0) is 13.5. The summed E-state index contributed by atoms with van der Waals surface area (Å²) in [7, 11) is 0. The van der Waals surface area contributed by atoms with Crippen LogP contribution in [0.3, 0.4) is 0 Å². The molecule has 0 heterocycles. The first kappa shape index (κ1) is 12.5. The first-order chi connectivity index (χ1) is 9.11. The molecule has 1 aromatic rings. The summed E-state index contributed by atoms with van der Waals surface area (Å²) in [5.74, 6) is 0.516. The van der Waals surface area contributed by atoms with E-state index < -0.39 is 12.1 Å². The minimum Gasteiger partial charge on any atom is -0.492 e. The fourth-order valence-electron chi connectivity index (χ4n) is 3.21. The lowest BCUT2D eigenvalue weighted by Gasteiger charge is -2.24. The molecule has 2 aliphatic rings. The molecular weight excluding hydrogens is 245 g/mol. The zero-order valence-electron chi connectivity index (χ0n) is 10.8. The highest BCUT2D eigenvalue weighted by Crippen LogP contribution is 2.61. The third-order valence-corrected chi connectivity index (χ3v) is 4.52. The summed E-state index contributed by atoms with van der Waals surface area (Å²) in [6, 6.07) is 7.01. The quantitative estimate of drug-likeness (QED) is 0.908. The van der Waals surface area contributed by atoms with Gasteiger partial charge in [0.15, 0.2) is 0 Å². The lowest BCUT2D eigenvalue weighted by Crippen LogP contribution is -2.24. The fourth-order valence-corrected chi connectivity index (χ4v) is 3.21. The van der Waals surface area contributed by atoms with Crippen LogP contribution in [-0.2, 0) is 0 Å². The molecule has 2 fully saturated rings. The number of alkyl halides is 1. The smallest absolute Gasteiger partial charge is 0.252 e. The number of halogens is 1. The average molecular weight is 263 g/mol. The van der Waals surface area contributed by atoms with Crippen molar-refractivity contribution in [2.24, 2.45) is 17.1 Å². The Kier molecular flexibility index (Phi) is 2.96. The summed E-state index contributed by atoms with van der Waals surface area (Å²) in [4.78, 5) is 11.3. The van der Waals surface area contributed by atoms with Crippen LogP contribution in [0, 0.1) is 11.3 Å². The number of amides is 1. The Morgan fingerprint density at radius 1 is 1.47 bits per heavy atom. The summed E-state index contributed by atoms with van der Waals surface area (Å²) in [5.41, 5.74) is 5.87. The second-order valence-corrected chi connectivity index (χ2v) is 5.78. The molecule has 3 rings (SSSR count). The van der Waals surface area contributed by atoms with Crippen molar-refractivity contribution in [3.63, 3.8) is 0 Å². The highest BCUT2D eigenvalue weighted by atomic mass is 19.1. The summed E-state index contributed by atoms with van der Waals surface area (Å²) in [6.45, 7) is 0.564. The lowest BCUT2D eigenvalue weighted by molar-refractivity contribution is 0.0992. The van der Waals surface area contributed by atoms with E-state index >= 15 is 0 Å². The predicted octanol–water partition coefficient (Wildman–Crippen LogP) is 2.69. The van der Waals surface area contributed by atoms with Crippen LogP contribution in [-0.4, -0.2) is 18.7 Å². The zero-order valence-corrected chi connectivity index (χ0v) is 10.8. The molecule has 0 aliphatic heterocycles. The number of nitrogens with two attached hydrogens (primary N) is 1. The predicted molar refractivity (Wildman–Crippen MR) is 69.7 cm³/mol. The third-order valence-electron chi connectivity index (χ3n) is 4.52. The minimum absolute atomic E-state index is 0.146.